The van der Waals surface area contributed by atoms with Crippen LogP contribution < -0.4 is 4.90 Å². The van der Waals surface area contributed by atoms with E-state index in [1.54, 1.807) is 5.57 Å². The number of hydrogen-bond donors (Lipinski definition) is 0. The van der Waals surface area contributed by atoms with Crippen LogP contribution in [0, 0.1) is 64.1 Å². The van der Waals surface area contributed by atoms with E-state index < -0.39 is 0 Å². The molecule has 1 saturated carbocycles. The molecule has 0 radical (unpaired) electrons. The van der Waals surface area contributed by atoms with Gasteiger partial charge in [-0.25, -0.2) is 4.98 Å². The first-order chi connectivity index (χ1) is 29.1. The number of aliphatic imine (C=N–C) groups is 1. The van der Waals surface area contributed by atoms with Crippen LogP contribution in [0.3, 0.4) is 0 Å². The van der Waals surface area contributed by atoms with Crippen molar-refractivity contribution in [3.8, 4) is 12.1 Å². The lowest BCUT2D eigenvalue weighted by Crippen LogP contribution is -2.51. The van der Waals surface area contributed by atoms with E-state index in [9.17, 15) is 10.5 Å². The van der Waals surface area contributed by atoms with Crippen LogP contribution in [0.25, 0.3) is 5.57 Å². The molecule has 1 fully saturated rings. The second kappa shape index (κ2) is 16.0. The zero-order valence-electron chi connectivity index (χ0n) is 33.9. The Labute approximate surface area is 349 Å². The summed E-state index contributed by atoms with van der Waals surface area (Å²) in [5, 5.41) is 21.6. The van der Waals surface area contributed by atoms with Gasteiger partial charge in [-0.1, -0.05) is 110 Å². The van der Waals surface area contributed by atoms with Crippen LogP contribution in [-0.4, -0.2) is 28.3 Å². The summed E-state index contributed by atoms with van der Waals surface area (Å²) in [7, 11) is 0. The summed E-state index contributed by atoms with van der Waals surface area (Å²) in [6, 6.07) is 22.2. The predicted molar refractivity (Wildman–Crippen MR) is 237 cm³/mol. The fraction of sp³-hybridized carbons (Fsp3) is 0.358. The summed E-state index contributed by atoms with van der Waals surface area (Å²) < 4.78 is 0. The van der Waals surface area contributed by atoms with Gasteiger partial charge < -0.3 is 9.80 Å². The van der Waals surface area contributed by atoms with Crippen molar-refractivity contribution in [3.05, 3.63) is 173 Å². The molecule has 0 bridgehead atoms. The van der Waals surface area contributed by atoms with Gasteiger partial charge in [-0.2, -0.15) is 10.5 Å². The summed E-state index contributed by atoms with van der Waals surface area (Å²) in [6.45, 7) is 2.33. The van der Waals surface area contributed by atoms with Crippen LogP contribution in [0.4, 0.5) is 5.82 Å². The summed E-state index contributed by atoms with van der Waals surface area (Å²) in [5.41, 5.74) is 11.3. The highest BCUT2D eigenvalue weighted by Gasteiger charge is 2.50. The second-order valence-electron chi connectivity index (χ2n) is 17.6. The van der Waals surface area contributed by atoms with E-state index in [0.717, 1.165) is 62.2 Å². The van der Waals surface area contributed by atoms with Crippen molar-refractivity contribution < 1.29 is 0 Å². The van der Waals surface area contributed by atoms with Crippen molar-refractivity contribution >= 4 is 17.6 Å². The van der Waals surface area contributed by atoms with E-state index in [1.165, 1.54) is 33.6 Å². The number of hydrogen-bond acceptors (Lipinski definition) is 6. The van der Waals surface area contributed by atoms with Crippen molar-refractivity contribution in [3.63, 3.8) is 0 Å². The molecule has 2 heterocycles. The molecule has 2 aromatic rings. The highest BCUT2D eigenvalue weighted by Crippen LogP contribution is 2.56. The van der Waals surface area contributed by atoms with E-state index in [4.69, 9.17) is 9.98 Å². The highest BCUT2D eigenvalue weighted by atomic mass is 15.3. The maximum Gasteiger partial charge on any atom is 0.133 e. The van der Waals surface area contributed by atoms with Gasteiger partial charge in [-0.3, -0.25) is 4.99 Å². The molecule has 0 amide bonds. The van der Waals surface area contributed by atoms with Gasteiger partial charge in [0.15, 0.2) is 0 Å². The van der Waals surface area contributed by atoms with Crippen LogP contribution in [0.2, 0.25) is 0 Å². The maximum absolute atomic E-state index is 10.8. The van der Waals surface area contributed by atoms with Crippen molar-refractivity contribution in [1.29, 1.82) is 10.5 Å². The van der Waals surface area contributed by atoms with Gasteiger partial charge in [0.1, 0.15) is 12.0 Å². The average molecular weight is 773 g/mol. The van der Waals surface area contributed by atoms with Crippen LogP contribution in [0.1, 0.15) is 70.3 Å². The lowest BCUT2D eigenvalue weighted by atomic mass is 9.56. The van der Waals surface area contributed by atoms with E-state index in [-0.39, 0.29) is 24.0 Å². The average Bonchev–Trinajstić information content (AvgIpc) is 3.30. The molecule has 0 saturated heterocycles. The monoisotopic (exact) mass is 772 g/mol. The Morgan fingerprint density at radius 3 is 2.34 bits per heavy atom. The molecule has 8 aliphatic rings. The first-order valence-corrected chi connectivity index (χ1v) is 21.9. The molecule has 10 rings (SSSR count). The summed E-state index contributed by atoms with van der Waals surface area (Å²) >= 11 is 0. The minimum absolute atomic E-state index is 0.0565. The quantitative estimate of drug-likeness (QED) is 0.250. The normalized spacial score (nSPS) is 31.6. The third-order valence-corrected chi connectivity index (χ3v) is 14.2. The summed E-state index contributed by atoms with van der Waals surface area (Å²) in [6.07, 6.45) is 40.4. The molecular weight excluding hydrogens is 721 g/mol. The van der Waals surface area contributed by atoms with Crippen molar-refractivity contribution in [2.75, 3.05) is 4.90 Å². The van der Waals surface area contributed by atoms with Crippen molar-refractivity contribution in [2.24, 2.45) is 46.4 Å². The largest absolute Gasteiger partial charge is 0.322 e. The Hall–Kier alpha value is -5.98. The zero-order chi connectivity index (χ0) is 39.9. The number of aromatic nitrogens is 1. The molecular formula is C53H52N6. The molecule has 1 aliphatic heterocycles. The minimum Gasteiger partial charge on any atom is -0.322 e. The lowest BCUT2D eigenvalue weighted by molar-refractivity contribution is 0.189. The molecule has 6 heteroatoms. The fourth-order valence-electron chi connectivity index (χ4n) is 11.4. The van der Waals surface area contributed by atoms with E-state index >= 15 is 0 Å². The molecule has 294 valence electrons. The Morgan fingerprint density at radius 1 is 0.780 bits per heavy atom. The van der Waals surface area contributed by atoms with E-state index in [0.29, 0.717) is 42.4 Å². The second-order valence-corrected chi connectivity index (χ2v) is 17.6. The van der Waals surface area contributed by atoms with Crippen LogP contribution in [0.5, 0.6) is 0 Å². The van der Waals surface area contributed by atoms with Gasteiger partial charge in [-0.05, 0) is 134 Å². The summed E-state index contributed by atoms with van der Waals surface area (Å²) in [4.78, 5) is 15.1. The SMILES string of the molecule is CC1CC=NC(N(C2=CCC3CCC4C5C3=C2C=CC5C=CC4N(C2=CC=C(C3=CC=CCC3)CC2C#N)c2ccccn2)C2=CC=C(c3ccccc3)CC2C#N)C1. The molecule has 0 spiro atoms. The number of allylic oxidation sites excluding steroid dienone is 17. The first-order valence-electron chi connectivity index (χ1n) is 21.9. The highest BCUT2D eigenvalue weighted by molar-refractivity contribution is 5.70. The molecule has 7 aliphatic carbocycles. The summed E-state index contributed by atoms with van der Waals surface area (Å²) in [5.74, 6) is 2.33. The zero-order valence-corrected chi connectivity index (χ0v) is 33.9. The molecule has 6 nitrogen and oxygen atoms in total. The Balaban J connectivity index is 1.05. The fourth-order valence-corrected chi connectivity index (χ4v) is 11.4. The number of nitriles is 2. The van der Waals surface area contributed by atoms with E-state index in [1.807, 2.05) is 18.3 Å². The van der Waals surface area contributed by atoms with Gasteiger partial charge in [0.05, 0.1) is 30.0 Å². The van der Waals surface area contributed by atoms with Crippen molar-refractivity contribution in [2.45, 2.75) is 76.9 Å². The number of anilines is 1. The van der Waals surface area contributed by atoms with Crippen LogP contribution in [-0.2, 0) is 0 Å². The number of pyridine rings is 1. The number of benzene rings is 1. The number of rotatable bonds is 8. The molecule has 9 unspecified atom stereocenters. The Kier molecular flexibility index (Phi) is 10.1. The van der Waals surface area contributed by atoms with Gasteiger partial charge in [0.2, 0.25) is 0 Å². The smallest absolute Gasteiger partial charge is 0.133 e. The third kappa shape index (κ3) is 6.83. The Morgan fingerprint density at radius 2 is 1.58 bits per heavy atom. The van der Waals surface area contributed by atoms with E-state index in [2.05, 4.69) is 144 Å². The van der Waals surface area contributed by atoms with Gasteiger partial charge in [0.25, 0.3) is 0 Å². The van der Waals surface area contributed by atoms with Crippen LogP contribution >= 0.6 is 0 Å². The molecule has 1 aromatic heterocycles. The van der Waals surface area contributed by atoms with Crippen LogP contribution in [0.15, 0.2) is 172 Å². The molecule has 59 heavy (non-hydrogen) atoms. The number of nitrogens with zero attached hydrogens (tertiary/aromatic N) is 6. The van der Waals surface area contributed by atoms with Crippen molar-refractivity contribution in [1.82, 2.24) is 9.88 Å². The minimum atomic E-state index is -0.280. The topological polar surface area (TPSA) is 79.3 Å². The molecule has 0 N–H and O–H groups in total. The van der Waals surface area contributed by atoms with Gasteiger partial charge >= 0.3 is 0 Å². The molecule has 9 atom stereocenters. The first kappa shape index (κ1) is 37.3. The molecule has 1 aromatic carbocycles. The standard InChI is InChI=1S/C53H52N6/c1-35-27-29-57-51(30-35)59(47-24-20-41(32-43(47)34-55)37-12-6-3-7-13-37)49-26-18-39-15-21-44-48(25-17-38-16-22-45(49)53(39)52(38)44)58(50-14-8-9-28-56-50)46-23-19-40(31-42(46)33-54)36-10-4-2-5-11-36/h2-4,6-10,12-14,16-17,19-20,22-26,28-29,35,38-39,42-44,48,51-52H,5,11,15,18,21,27,30-32H2,1H3. The third-order valence-electron chi connectivity index (χ3n) is 14.2. The lowest BCUT2D eigenvalue weighted by Gasteiger charge is -2.53. The predicted octanol–water partition coefficient (Wildman–Crippen LogP) is 11.5. The van der Waals surface area contributed by atoms with Gasteiger partial charge in [0, 0.05) is 35.4 Å². The van der Waals surface area contributed by atoms with Gasteiger partial charge in [-0.15, -0.1) is 0 Å². The Bertz CT molecular complexity index is 2420. The maximum atomic E-state index is 10.8.